The zero-order chi connectivity index (χ0) is 22.3. The van der Waals surface area contributed by atoms with Crippen LogP contribution in [0.25, 0.3) is 16.7 Å². The summed E-state index contributed by atoms with van der Waals surface area (Å²) in [6, 6.07) is 9.53. The molecule has 0 N–H and O–H groups in total. The molecule has 0 saturated carbocycles. The van der Waals surface area contributed by atoms with Crippen LogP contribution < -0.4 is 4.74 Å². The molecular weight excluding hydrogens is 414 g/mol. The van der Waals surface area contributed by atoms with E-state index in [0.29, 0.717) is 29.6 Å². The van der Waals surface area contributed by atoms with Crippen molar-refractivity contribution in [1.29, 1.82) is 0 Å². The minimum Gasteiger partial charge on any atom is -0.391 e. The molecule has 0 radical (unpaired) electrons. The Hall–Kier alpha value is -2.64. The van der Waals surface area contributed by atoms with Crippen molar-refractivity contribution in [2.75, 3.05) is 27.2 Å². The minimum atomic E-state index is -0.355. The highest BCUT2D eigenvalue weighted by Gasteiger charge is 2.30. The normalized spacial score (nSPS) is 14.3. The summed E-state index contributed by atoms with van der Waals surface area (Å²) >= 11 is 6.06. The monoisotopic (exact) mass is 441 g/mol. The maximum Gasteiger partial charge on any atom is 0.416 e. The predicted octanol–water partition coefficient (Wildman–Crippen LogP) is 4.64. The van der Waals surface area contributed by atoms with Crippen LogP contribution >= 0.6 is 11.6 Å². The van der Waals surface area contributed by atoms with Crippen LogP contribution in [0.1, 0.15) is 38.4 Å². The third kappa shape index (κ3) is 4.38. The van der Waals surface area contributed by atoms with Crippen LogP contribution in [0.15, 0.2) is 30.3 Å². The number of halogens is 1. The Morgan fingerprint density at radius 1 is 1.19 bits per heavy atom. The number of nitrogens with zero attached hydrogens (tertiary/aromatic N) is 5. The summed E-state index contributed by atoms with van der Waals surface area (Å²) in [6.45, 7) is 8.44. The average Bonchev–Trinajstić information content (AvgIpc) is 3.06. The number of rotatable bonds is 5. The highest BCUT2D eigenvalue weighted by atomic mass is 35.5. The minimum absolute atomic E-state index is 0.178. The largest absolute Gasteiger partial charge is 0.416 e. The first-order chi connectivity index (χ1) is 14.6. The van der Waals surface area contributed by atoms with Gasteiger partial charge in [0, 0.05) is 27.9 Å². The first kappa shape index (κ1) is 21.6. The second-order valence-corrected chi connectivity index (χ2v) is 9.69. The van der Waals surface area contributed by atoms with Crippen molar-refractivity contribution >= 4 is 28.7 Å². The van der Waals surface area contributed by atoms with Crippen LogP contribution in [0.5, 0.6) is 5.88 Å². The number of pyridine rings is 1. The molecule has 4 rings (SSSR count). The Bertz CT molecular complexity index is 1120. The standard InChI is InChI=1S/C23H28ClN5O2/c1-23(2,3)19-18-13-15-14-28(12-6-11-27(4)5)22(30)31-21(15)25-20(18)29(26-19)17-9-7-16(24)8-10-17/h7-10,13H,6,11-12,14H2,1-5H3. The fourth-order valence-corrected chi connectivity index (χ4v) is 3.88. The van der Waals surface area contributed by atoms with E-state index in [2.05, 4.69) is 31.7 Å². The molecular formula is C23H28ClN5O2. The van der Waals surface area contributed by atoms with Gasteiger partial charge in [-0.25, -0.2) is 9.48 Å². The lowest BCUT2D eigenvalue weighted by atomic mass is 9.90. The van der Waals surface area contributed by atoms with Gasteiger partial charge in [-0.15, -0.1) is 0 Å². The van der Waals surface area contributed by atoms with Crippen LogP contribution in [0.4, 0.5) is 4.79 Å². The van der Waals surface area contributed by atoms with Gasteiger partial charge in [0.25, 0.3) is 0 Å². The van der Waals surface area contributed by atoms with Crippen molar-refractivity contribution in [3.8, 4) is 11.6 Å². The van der Waals surface area contributed by atoms with E-state index < -0.39 is 0 Å². The van der Waals surface area contributed by atoms with Crippen LogP contribution in [0.3, 0.4) is 0 Å². The lowest BCUT2D eigenvalue weighted by molar-refractivity contribution is 0.134. The molecule has 1 amide bonds. The van der Waals surface area contributed by atoms with Crippen molar-refractivity contribution in [3.05, 3.63) is 46.6 Å². The van der Waals surface area contributed by atoms with E-state index in [0.717, 1.165) is 35.3 Å². The SMILES string of the molecule is CN(C)CCCN1Cc2cc3c(C(C)(C)C)nn(-c4ccc(Cl)cc4)c3nc2OC1=O. The molecule has 0 bridgehead atoms. The maximum atomic E-state index is 12.5. The number of ether oxygens (including phenoxy) is 1. The molecule has 2 aromatic heterocycles. The molecule has 8 heteroatoms. The molecule has 164 valence electrons. The molecule has 0 atom stereocenters. The number of amides is 1. The first-order valence-corrected chi connectivity index (χ1v) is 10.8. The lowest BCUT2D eigenvalue weighted by Crippen LogP contribution is -2.38. The molecule has 0 aliphatic carbocycles. The Morgan fingerprint density at radius 3 is 2.55 bits per heavy atom. The summed E-state index contributed by atoms with van der Waals surface area (Å²) in [4.78, 5) is 21.1. The number of hydrogen-bond donors (Lipinski definition) is 0. The van der Waals surface area contributed by atoms with Gasteiger partial charge in [0.15, 0.2) is 5.65 Å². The summed E-state index contributed by atoms with van der Waals surface area (Å²) in [7, 11) is 4.05. The van der Waals surface area contributed by atoms with Crippen LogP contribution in [0, 0.1) is 0 Å². The molecule has 1 aliphatic rings. The second kappa shape index (κ2) is 8.13. The lowest BCUT2D eigenvalue weighted by Gasteiger charge is -2.27. The third-order valence-electron chi connectivity index (χ3n) is 5.32. The van der Waals surface area contributed by atoms with Crippen LogP contribution in [-0.4, -0.2) is 57.8 Å². The first-order valence-electron chi connectivity index (χ1n) is 10.4. The quantitative estimate of drug-likeness (QED) is 0.577. The predicted molar refractivity (Wildman–Crippen MR) is 122 cm³/mol. The molecule has 1 aromatic carbocycles. The fourth-order valence-electron chi connectivity index (χ4n) is 3.75. The Labute approximate surface area is 187 Å². The van der Waals surface area contributed by atoms with E-state index in [4.69, 9.17) is 26.4 Å². The van der Waals surface area contributed by atoms with Crippen molar-refractivity contribution in [2.45, 2.75) is 39.2 Å². The maximum absolute atomic E-state index is 12.5. The smallest absolute Gasteiger partial charge is 0.391 e. The number of benzene rings is 1. The van der Waals surface area contributed by atoms with Gasteiger partial charge < -0.3 is 14.5 Å². The molecule has 0 unspecified atom stereocenters. The van der Waals surface area contributed by atoms with Gasteiger partial charge in [-0.1, -0.05) is 32.4 Å². The van der Waals surface area contributed by atoms with E-state index in [9.17, 15) is 4.79 Å². The molecule has 1 aliphatic heterocycles. The van der Waals surface area contributed by atoms with Gasteiger partial charge in [0.1, 0.15) is 0 Å². The van der Waals surface area contributed by atoms with Gasteiger partial charge in [0.05, 0.1) is 17.9 Å². The van der Waals surface area contributed by atoms with Crippen molar-refractivity contribution < 1.29 is 9.53 Å². The van der Waals surface area contributed by atoms with Crippen molar-refractivity contribution in [2.24, 2.45) is 0 Å². The molecule has 3 aromatic rings. The molecule has 0 saturated heterocycles. The molecule has 3 heterocycles. The molecule has 0 spiro atoms. The van der Waals surface area contributed by atoms with E-state index in [1.54, 1.807) is 9.58 Å². The molecule has 31 heavy (non-hydrogen) atoms. The molecule has 0 fully saturated rings. The summed E-state index contributed by atoms with van der Waals surface area (Å²) in [5, 5.41) is 6.51. The van der Waals surface area contributed by atoms with Gasteiger partial charge in [0.2, 0.25) is 5.88 Å². The summed E-state index contributed by atoms with van der Waals surface area (Å²) in [6.07, 6.45) is 0.529. The number of hydrogen-bond acceptors (Lipinski definition) is 5. The van der Waals surface area contributed by atoms with Gasteiger partial charge >= 0.3 is 6.09 Å². The van der Waals surface area contributed by atoms with Crippen molar-refractivity contribution in [1.82, 2.24) is 24.6 Å². The van der Waals surface area contributed by atoms with Gasteiger partial charge in [-0.05, 0) is 57.4 Å². The van der Waals surface area contributed by atoms with Crippen LogP contribution in [-0.2, 0) is 12.0 Å². The van der Waals surface area contributed by atoms with Crippen molar-refractivity contribution in [3.63, 3.8) is 0 Å². The zero-order valence-electron chi connectivity index (χ0n) is 18.6. The highest BCUT2D eigenvalue weighted by molar-refractivity contribution is 6.30. The number of aromatic nitrogens is 3. The summed E-state index contributed by atoms with van der Waals surface area (Å²) < 4.78 is 7.41. The van der Waals surface area contributed by atoms with Gasteiger partial charge in [-0.2, -0.15) is 10.1 Å². The summed E-state index contributed by atoms with van der Waals surface area (Å²) in [5.41, 5.74) is 3.19. The van der Waals surface area contributed by atoms with Gasteiger partial charge in [-0.3, -0.25) is 0 Å². The average molecular weight is 442 g/mol. The Kier molecular flexibility index (Phi) is 5.66. The summed E-state index contributed by atoms with van der Waals surface area (Å²) in [5.74, 6) is 0.358. The topological polar surface area (TPSA) is 63.5 Å². The third-order valence-corrected chi connectivity index (χ3v) is 5.57. The highest BCUT2D eigenvalue weighted by Crippen LogP contribution is 2.35. The Morgan fingerprint density at radius 2 is 1.90 bits per heavy atom. The van der Waals surface area contributed by atoms with E-state index >= 15 is 0 Å². The zero-order valence-corrected chi connectivity index (χ0v) is 19.4. The Balaban J connectivity index is 1.77. The van der Waals surface area contributed by atoms with Crippen LogP contribution in [0.2, 0.25) is 5.02 Å². The van der Waals surface area contributed by atoms with E-state index in [1.807, 2.05) is 38.4 Å². The second-order valence-electron chi connectivity index (χ2n) is 9.26. The number of fused-ring (bicyclic) bond motifs is 2. The number of carbonyl (C=O) groups is 1. The molecule has 7 nitrogen and oxygen atoms in total. The van der Waals surface area contributed by atoms with E-state index in [-0.39, 0.29) is 11.5 Å². The number of carbonyl (C=O) groups excluding carboxylic acids is 1. The van der Waals surface area contributed by atoms with E-state index in [1.165, 1.54) is 0 Å². The fraction of sp³-hybridized carbons (Fsp3) is 0.435.